The molecule has 0 saturated heterocycles. The molecule has 1 heterocycles. The largest absolute Gasteiger partial charge is 0.416 e. The van der Waals surface area contributed by atoms with Gasteiger partial charge in [-0.3, -0.25) is 0 Å². The van der Waals surface area contributed by atoms with Crippen molar-refractivity contribution in [3.05, 3.63) is 95.6 Å². The lowest BCUT2D eigenvalue weighted by atomic mass is 10.1. The van der Waals surface area contributed by atoms with Crippen LogP contribution in [0.15, 0.2) is 78.3 Å². The van der Waals surface area contributed by atoms with E-state index in [1.165, 1.54) is 36.4 Å². The molecule has 0 aliphatic rings. The van der Waals surface area contributed by atoms with E-state index in [1.54, 1.807) is 12.1 Å². The van der Waals surface area contributed by atoms with Crippen molar-refractivity contribution in [1.82, 2.24) is 10.3 Å². The minimum atomic E-state index is -4.55. The van der Waals surface area contributed by atoms with E-state index in [0.717, 1.165) is 18.2 Å². The van der Waals surface area contributed by atoms with Crippen molar-refractivity contribution in [2.24, 2.45) is 4.99 Å². The Morgan fingerprint density at radius 3 is 2.18 bits per heavy atom. The molecule has 3 aromatic rings. The topological polar surface area (TPSA) is 75.3 Å². The number of rotatable bonds is 5. The van der Waals surface area contributed by atoms with Gasteiger partial charge in [-0.1, -0.05) is 43.0 Å². The number of pyridine rings is 1. The molecule has 0 fully saturated rings. The smallest absolute Gasteiger partial charge is 0.384 e. The molecular formula is C23H19F6N5. The second-order valence-corrected chi connectivity index (χ2v) is 7.06. The molecule has 0 bridgehead atoms. The molecule has 11 heteroatoms. The van der Waals surface area contributed by atoms with E-state index < -0.39 is 23.5 Å². The van der Waals surface area contributed by atoms with Gasteiger partial charge >= 0.3 is 12.4 Å². The molecule has 3 rings (SSSR count). The number of nitrogens with zero attached hydrogens (tertiary/aromatic N) is 2. The Kier molecular flexibility index (Phi) is 7.14. The number of alkyl halides is 6. The molecule has 0 spiro atoms. The Hall–Kier alpha value is -4.02. The highest BCUT2D eigenvalue weighted by Gasteiger charge is 2.33. The van der Waals surface area contributed by atoms with Gasteiger partial charge in [0.25, 0.3) is 0 Å². The number of nitrogens with one attached hydrogen (secondary N) is 2. The molecule has 0 unspecified atom stereocenters. The summed E-state index contributed by atoms with van der Waals surface area (Å²) in [5, 5.41) is 5.58. The van der Waals surface area contributed by atoms with Gasteiger partial charge in [-0.15, -0.1) is 0 Å². The van der Waals surface area contributed by atoms with Gasteiger partial charge in [-0.25, -0.2) is 9.98 Å². The van der Waals surface area contributed by atoms with Crippen molar-refractivity contribution >= 4 is 23.3 Å². The number of nitrogens with two attached hydrogens (primary N) is 1. The third kappa shape index (κ3) is 6.50. The molecule has 0 amide bonds. The maximum Gasteiger partial charge on any atom is 0.416 e. The molecule has 0 aliphatic heterocycles. The van der Waals surface area contributed by atoms with Gasteiger partial charge in [0.2, 0.25) is 5.96 Å². The molecular weight excluding hydrogens is 460 g/mol. The Bertz CT molecular complexity index is 1180. The highest BCUT2D eigenvalue weighted by atomic mass is 19.4. The number of aromatic nitrogens is 1. The van der Waals surface area contributed by atoms with Gasteiger partial charge in [-0.05, 0) is 41.5 Å². The minimum Gasteiger partial charge on any atom is -0.384 e. The first-order valence-electron chi connectivity index (χ1n) is 9.77. The normalized spacial score (nSPS) is 12.4. The molecule has 0 aliphatic carbocycles. The monoisotopic (exact) mass is 479 g/mol. The number of guanidine groups is 1. The summed E-state index contributed by atoms with van der Waals surface area (Å²) < 4.78 is 78.4. The van der Waals surface area contributed by atoms with E-state index in [0.29, 0.717) is 0 Å². The van der Waals surface area contributed by atoms with Crippen LogP contribution in [-0.2, 0) is 18.9 Å². The van der Waals surface area contributed by atoms with Crippen LogP contribution in [-0.4, -0.2) is 10.9 Å². The highest BCUT2D eigenvalue weighted by Crippen LogP contribution is 2.32. The lowest BCUT2D eigenvalue weighted by molar-refractivity contribution is -0.138. The zero-order chi connectivity index (χ0) is 24.9. The van der Waals surface area contributed by atoms with Crippen LogP contribution in [0.25, 0.3) is 5.70 Å². The summed E-state index contributed by atoms with van der Waals surface area (Å²) in [4.78, 5) is 8.28. The summed E-state index contributed by atoms with van der Waals surface area (Å²) in [6.07, 6.45) is -9.05. The van der Waals surface area contributed by atoms with Gasteiger partial charge in [-0.2, -0.15) is 26.3 Å². The maximum atomic E-state index is 13.3. The molecule has 178 valence electrons. The summed E-state index contributed by atoms with van der Waals surface area (Å²) in [5.41, 5.74) is 4.32. The minimum absolute atomic E-state index is 0.0278. The lowest BCUT2D eigenvalue weighted by Gasteiger charge is -2.16. The number of hydrogen-bond donors (Lipinski definition) is 3. The Morgan fingerprint density at radius 1 is 0.882 bits per heavy atom. The van der Waals surface area contributed by atoms with Gasteiger partial charge in [0.1, 0.15) is 11.6 Å². The zero-order valence-electron chi connectivity index (χ0n) is 17.5. The van der Waals surface area contributed by atoms with Crippen LogP contribution in [0.2, 0.25) is 0 Å². The molecule has 1 aromatic heterocycles. The summed E-state index contributed by atoms with van der Waals surface area (Å²) in [6, 6.07) is 13.9. The summed E-state index contributed by atoms with van der Waals surface area (Å²) in [5.74, 6) is 0.406. The fourth-order valence-electron chi connectivity index (χ4n) is 2.94. The first-order chi connectivity index (χ1) is 15.9. The molecule has 2 aromatic carbocycles. The molecule has 0 atom stereocenters. The third-order valence-electron chi connectivity index (χ3n) is 4.58. The molecule has 0 radical (unpaired) electrons. The quantitative estimate of drug-likeness (QED) is 0.241. The van der Waals surface area contributed by atoms with Crippen molar-refractivity contribution in [1.29, 1.82) is 0 Å². The van der Waals surface area contributed by atoms with Crippen LogP contribution in [0.4, 0.5) is 38.0 Å². The van der Waals surface area contributed by atoms with Crippen LogP contribution in [0, 0.1) is 0 Å². The summed E-state index contributed by atoms with van der Waals surface area (Å²) in [7, 11) is 0. The van der Waals surface area contributed by atoms with E-state index in [1.807, 2.05) is 0 Å². The average molecular weight is 479 g/mol. The van der Waals surface area contributed by atoms with E-state index >= 15 is 0 Å². The second kappa shape index (κ2) is 9.86. The van der Waals surface area contributed by atoms with E-state index in [-0.39, 0.29) is 41.0 Å². The number of benzene rings is 2. The first kappa shape index (κ1) is 24.6. The number of anilines is 2. The van der Waals surface area contributed by atoms with E-state index in [9.17, 15) is 26.3 Å². The lowest BCUT2D eigenvalue weighted by Crippen LogP contribution is -2.31. The molecule has 4 N–H and O–H groups in total. The van der Waals surface area contributed by atoms with Crippen LogP contribution < -0.4 is 16.4 Å². The molecule has 34 heavy (non-hydrogen) atoms. The number of hydrogen-bond acceptors (Lipinski definition) is 3. The fraction of sp³-hybridized carbons (Fsp3) is 0.130. The van der Waals surface area contributed by atoms with E-state index in [4.69, 9.17) is 5.73 Å². The second-order valence-electron chi connectivity index (χ2n) is 7.06. The standard InChI is InChI=1S/C23H19F6N5/c1-14(15-9-11-17(12-10-15)22(24,25)26)32-21(34-20-8-4-7-19(30)33-20)31-13-16-5-2-3-6-18(16)23(27,28)29/h2-12H,1,13H2,(H4,30,31,32,33,34). The van der Waals surface area contributed by atoms with Crippen molar-refractivity contribution in [3.63, 3.8) is 0 Å². The predicted molar refractivity (Wildman–Crippen MR) is 118 cm³/mol. The van der Waals surface area contributed by atoms with Crippen molar-refractivity contribution < 1.29 is 26.3 Å². The third-order valence-corrected chi connectivity index (χ3v) is 4.58. The predicted octanol–water partition coefficient (Wildman–Crippen LogP) is 5.93. The Labute approximate surface area is 191 Å². The van der Waals surface area contributed by atoms with Crippen molar-refractivity contribution in [2.45, 2.75) is 18.9 Å². The number of halogens is 6. The van der Waals surface area contributed by atoms with Crippen LogP contribution in [0.1, 0.15) is 22.3 Å². The van der Waals surface area contributed by atoms with Gasteiger partial charge in [0.05, 0.1) is 16.8 Å². The van der Waals surface area contributed by atoms with Crippen molar-refractivity contribution in [2.75, 3.05) is 11.1 Å². The molecule has 0 saturated carbocycles. The number of nitrogen functional groups attached to an aromatic ring is 1. The van der Waals surface area contributed by atoms with Gasteiger partial charge < -0.3 is 16.4 Å². The highest BCUT2D eigenvalue weighted by molar-refractivity contribution is 5.96. The molecule has 5 nitrogen and oxygen atoms in total. The fourth-order valence-corrected chi connectivity index (χ4v) is 2.94. The summed E-state index contributed by atoms with van der Waals surface area (Å²) >= 11 is 0. The van der Waals surface area contributed by atoms with Gasteiger partial charge in [0, 0.05) is 6.54 Å². The Balaban J connectivity index is 1.88. The summed E-state index contributed by atoms with van der Waals surface area (Å²) in [6.45, 7) is 3.49. The van der Waals surface area contributed by atoms with Gasteiger partial charge in [0.15, 0.2) is 0 Å². The van der Waals surface area contributed by atoms with Crippen LogP contribution in [0.5, 0.6) is 0 Å². The number of aliphatic imine (C=N–C) groups is 1. The average Bonchev–Trinajstić information content (AvgIpc) is 2.76. The maximum absolute atomic E-state index is 13.3. The SMILES string of the molecule is C=C(/N=C(/NCc1ccccc1C(F)(F)F)Nc1cccc(N)n1)c1ccc(C(F)(F)F)cc1. The van der Waals surface area contributed by atoms with E-state index in [2.05, 4.69) is 27.2 Å². The Morgan fingerprint density at radius 2 is 1.56 bits per heavy atom. The van der Waals surface area contributed by atoms with Crippen LogP contribution >= 0.6 is 0 Å². The van der Waals surface area contributed by atoms with Crippen LogP contribution in [0.3, 0.4) is 0 Å². The zero-order valence-corrected chi connectivity index (χ0v) is 17.5. The van der Waals surface area contributed by atoms with Crippen molar-refractivity contribution in [3.8, 4) is 0 Å². The first-order valence-corrected chi connectivity index (χ1v) is 9.77.